The van der Waals surface area contributed by atoms with Crippen molar-refractivity contribution in [1.82, 2.24) is 0 Å². The van der Waals surface area contributed by atoms with Crippen LogP contribution in [0.5, 0.6) is 0 Å². The van der Waals surface area contributed by atoms with Gasteiger partial charge in [-0.05, 0) is 55.5 Å². The quantitative estimate of drug-likeness (QED) is 0.856. The SMILES string of the molecule is CCCC1CCC(CN)(C(O)c2sccc2C)CC1. The van der Waals surface area contributed by atoms with Crippen LogP contribution in [0, 0.1) is 18.3 Å². The fourth-order valence-electron chi connectivity index (χ4n) is 3.48. The van der Waals surface area contributed by atoms with E-state index >= 15 is 0 Å². The lowest BCUT2D eigenvalue weighted by Crippen LogP contribution is -2.40. The average Bonchev–Trinajstić information content (AvgIpc) is 2.85. The van der Waals surface area contributed by atoms with Gasteiger partial charge in [0, 0.05) is 16.8 Å². The van der Waals surface area contributed by atoms with E-state index in [1.54, 1.807) is 11.3 Å². The molecule has 1 aromatic heterocycles. The van der Waals surface area contributed by atoms with Crippen LogP contribution in [0.15, 0.2) is 11.4 Å². The standard InChI is InChI=1S/C16H27NOS/c1-3-4-13-5-8-16(11-17,9-6-13)15(18)14-12(2)7-10-19-14/h7,10,13,15,18H,3-6,8-9,11,17H2,1-2H3. The van der Waals surface area contributed by atoms with Crippen LogP contribution >= 0.6 is 11.3 Å². The number of aliphatic hydroxyl groups is 1. The van der Waals surface area contributed by atoms with Crippen LogP contribution in [0.4, 0.5) is 0 Å². The van der Waals surface area contributed by atoms with Crippen LogP contribution in [-0.4, -0.2) is 11.7 Å². The van der Waals surface area contributed by atoms with Crippen molar-refractivity contribution in [2.45, 2.75) is 58.5 Å². The zero-order valence-corrected chi connectivity index (χ0v) is 13.0. The third-order valence-corrected chi connectivity index (χ3v) is 6.01. The molecular weight excluding hydrogens is 254 g/mol. The lowest BCUT2D eigenvalue weighted by atomic mass is 9.66. The summed E-state index contributed by atoms with van der Waals surface area (Å²) in [7, 11) is 0. The minimum Gasteiger partial charge on any atom is -0.387 e. The van der Waals surface area contributed by atoms with Gasteiger partial charge in [-0.15, -0.1) is 11.3 Å². The van der Waals surface area contributed by atoms with Gasteiger partial charge in [0.15, 0.2) is 0 Å². The van der Waals surface area contributed by atoms with E-state index in [0.717, 1.165) is 23.6 Å². The highest BCUT2D eigenvalue weighted by atomic mass is 32.1. The fraction of sp³-hybridized carbons (Fsp3) is 0.750. The van der Waals surface area contributed by atoms with E-state index in [1.165, 1.54) is 31.2 Å². The lowest BCUT2D eigenvalue weighted by Gasteiger charge is -2.42. The molecule has 3 N–H and O–H groups in total. The van der Waals surface area contributed by atoms with E-state index in [4.69, 9.17) is 5.73 Å². The maximum atomic E-state index is 10.8. The van der Waals surface area contributed by atoms with Gasteiger partial charge in [-0.3, -0.25) is 0 Å². The molecular formula is C16H27NOS. The molecule has 0 amide bonds. The second-order valence-electron chi connectivity index (χ2n) is 6.17. The Bertz CT molecular complexity index is 393. The molecule has 1 aromatic rings. The Morgan fingerprint density at radius 3 is 2.63 bits per heavy atom. The summed E-state index contributed by atoms with van der Waals surface area (Å²) in [5.41, 5.74) is 7.19. The number of hydrogen-bond donors (Lipinski definition) is 2. The predicted molar refractivity (Wildman–Crippen MR) is 82.4 cm³/mol. The predicted octanol–water partition coefficient (Wildman–Crippen LogP) is 4.03. The van der Waals surface area contributed by atoms with E-state index in [2.05, 4.69) is 25.3 Å². The van der Waals surface area contributed by atoms with Gasteiger partial charge in [0.1, 0.15) is 0 Å². The van der Waals surface area contributed by atoms with Gasteiger partial charge in [-0.2, -0.15) is 0 Å². The summed E-state index contributed by atoms with van der Waals surface area (Å²) in [5, 5.41) is 12.9. The molecule has 1 saturated carbocycles. The zero-order valence-electron chi connectivity index (χ0n) is 12.2. The van der Waals surface area contributed by atoms with E-state index in [9.17, 15) is 5.11 Å². The second kappa shape index (κ2) is 6.38. The number of nitrogens with two attached hydrogens (primary N) is 1. The topological polar surface area (TPSA) is 46.2 Å². The van der Waals surface area contributed by atoms with E-state index in [0.29, 0.717) is 6.54 Å². The molecule has 2 rings (SSSR count). The number of hydrogen-bond acceptors (Lipinski definition) is 3. The molecule has 1 heterocycles. The summed E-state index contributed by atoms with van der Waals surface area (Å²) in [6.07, 6.45) is 6.83. The summed E-state index contributed by atoms with van der Waals surface area (Å²) in [5.74, 6) is 0.848. The third kappa shape index (κ3) is 3.04. The summed E-state index contributed by atoms with van der Waals surface area (Å²) in [6, 6.07) is 2.09. The summed E-state index contributed by atoms with van der Waals surface area (Å²) in [6.45, 7) is 4.95. The molecule has 19 heavy (non-hydrogen) atoms. The van der Waals surface area contributed by atoms with Crippen LogP contribution in [-0.2, 0) is 0 Å². The molecule has 0 spiro atoms. The molecule has 1 fully saturated rings. The van der Waals surface area contributed by atoms with Crippen LogP contribution in [0.3, 0.4) is 0 Å². The largest absolute Gasteiger partial charge is 0.387 e. The highest BCUT2D eigenvalue weighted by Gasteiger charge is 2.41. The molecule has 0 bridgehead atoms. The summed E-state index contributed by atoms with van der Waals surface area (Å²) < 4.78 is 0. The van der Waals surface area contributed by atoms with Crippen molar-refractivity contribution in [2.24, 2.45) is 17.1 Å². The van der Waals surface area contributed by atoms with Gasteiger partial charge in [0.05, 0.1) is 6.10 Å². The Labute approximate surface area is 121 Å². The highest BCUT2D eigenvalue weighted by molar-refractivity contribution is 7.10. The number of aryl methyl sites for hydroxylation is 1. The van der Waals surface area contributed by atoms with Crippen LogP contribution < -0.4 is 5.73 Å². The van der Waals surface area contributed by atoms with Crippen molar-refractivity contribution in [3.05, 3.63) is 21.9 Å². The van der Waals surface area contributed by atoms with Gasteiger partial charge in [-0.25, -0.2) is 0 Å². The molecule has 1 atom stereocenters. The first-order valence-electron chi connectivity index (χ1n) is 7.55. The Balaban J connectivity index is 2.10. The van der Waals surface area contributed by atoms with Crippen LogP contribution in [0.2, 0.25) is 0 Å². The third-order valence-electron chi connectivity index (χ3n) is 4.93. The number of rotatable bonds is 5. The van der Waals surface area contributed by atoms with Crippen LogP contribution in [0.1, 0.15) is 62.0 Å². The minimum absolute atomic E-state index is 0.0835. The smallest absolute Gasteiger partial charge is 0.0952 e. The normalized spacial score (nSPS) is 29.4. The van der Waals surface area contributed by atoms with Gasteiger partial charge in [-0.1, -0.05) is 19.8 Å². The van der Waals surface area contributed by atoms with Crippen molar-refractivity contribution < 1.29 is 5.11 Å². The second-order valence-corrected chi connectivity index (χ2v) is 7.12. The van der Waals surface area contributed by atoms with E-state index < -0.39 is 0 Å². The molecule has 2 nitrogen and oxygen atoms in total. The molecule has 0 radical (unpaired) electrons. The summed E-state index contributed by atoms with van der Waals surface area (Å²) in [4.78, 5) is 1.12. The molecule has 1 aliphatic rings. The van der Waals surface area contributed by atoms with E-state index in [-0.39, 0.29) is 11.5 Å². The Morgan fingerprint density at radius 2 is 2.16 bits per heavy atom. The van der Waals surface area contributed by atoms with Gasteiger partial charge in [0.2, 0.25) is 0 Å². The average molecular weight is 281 g/mol. The first-order chi connectivity index (χ1) is 9.13. The van der Waals surface area contributed by atoms with Gasteiger partial charge >= 0.3 is 0 Å². The van der Waals surface area contributed by atoms with Gasteiger partial charge in [0.25, 0.3) is 0 Å². The molecule has 0 aliphatic heterocycles. The molecule has 3 heteroatoms. The molecule has 1 aliphatic carbocycles. The summed E-state index contributed by atoms with van der Waals surface area (Å²) >= 11 is 1.67. The van der Waals surface area contributed by atoms with Crippen LogP contribution in [0.25, 0.3) is 0 Å². The molecule has 0 saturated heterocycles. The maximum Gasteiger partial charge on any atom is 0.0952 e. The van der Waals surface area contributed by atoms with Crippen molar-refractivity contribution in [3.8, 4) is 0 Å². The minimum atomic E-state index is -0.375. The molecule has 0 aromatic carbocycles. The maximum absolute atomic E-state index is 10.8. The number of thiophene rings is 1. The molecule has 108 valence electrons. The number of aliphatic hydroxyl groups excluding tert-OH is 1. The molecule has 1 unspecified atom stereocenters. The first-order valence-corrected chi connectivity index (χ1v) is 8.43. The van der Waals surface area contributed by atoms with Crippen molar-refractivity contribution in [1.29, 1.82) is 0 Å². The van der Waals surface area contributed by atoms with Crippen molar-refractivity contribution in [3.63, 3.8) is 0 Å². The monoisotopic (exact) mass is 281 g/mol. The zero-order chi connectivity index (χ0) is 13.9. The highest BCUT2D eigenvalue weighted by Crippen LogP contribution is 2.49. The Kier molecular flexibility index (Phi) is 5.04. The fourth-order valence-corrected chi connectivity index (χ4v) is 4.53. The first kappa shape index (κ1) is 15.0. The Hall–Kier alpha value is -0.380. The Morgan fingerprint density at radius 1 is 1.47 bits per heavy atom. The van der Waals surface area contributed by atoms with E-state index in [1.807, 2.05) is 0 Å². The van der Waals surface area contributed by atoms with Crippen molar-refractivity contribution >= 4 is 11.3 Å². The van der Waals surface area contributed by atoms with Crippen molar-refractivity contribution in [2.75, 3.05) is 6.54 Å². The lowest BCUT2D eigenvalue weighted by molar-refractivity contribution is -0.00891. The van der Waals surface area contributed by atoms with Gasteiger partial charge < -0.3 is 10.8 Å².